The molecular formula is C16H21NO2. The molecule has 1 aromatic carbocycles. The third-order valence-electron chi connectivity index (χ3n) is 3.83. The third kappa shape index (κ3) is 2.86. The lowest BCUT2D eigenvalue weighted by Gasteiger charge is -2.28. The van der Waals surface area contributed by atoms with Crippen LogP contribution in [0.5, 0.6) is 0 Å². The molecule has 0 spiro atoms. The highest BCUT2D eigenvalue weighted by Gasteiger charge is 2.34. The number of carbonyl (C=O) groups excluding carboxylic acids is 2. The molecule has 1 saturated heterocycles. The van der Waals surface area contributed by atoms with Crippen molar-refractivity contribution < 1.29 is 9.59 Å². The molecule has 0 N–H and O–H groups in total. The Balaban J connectivity index is 2.25. The number of amides is 1. The van der Waals surface area contributed by atoms with Gasteiger partial charge in [-0.25, -0.2) is 0 Å². The Morgan fingerprint density at radius 3 is 2.58 bits per heavy atom. The molecule has 19 heavy (non-hydrogen) atoms. The molecule has 0 saturated carbocycles. The molecule has 0 aromatic heterocycles. The van der Waals surface area contributed by atoms with Crippen molar-refractivity contribution in [3.63, 3.8) is 0 Å². The Kier molecular flexibility index (Phi) is 4.35. The van der Waals surface area contributed by atoms with Gasteiger partial charge in [-0.05, 0) is 24.3 Å². The highest BCUT2D eigenvalue weighted by Crippen LogP contribution is 2.29. The molecule has 3 nitrogen and oxygen atoms in total. The average Bonchev–Trinajstić information content (AvgIpc) is 2.88. The van der Waals surface area contributed by atoms with E-state index in [1.807, 2.05) is 30.3 Å². The molecule has 0 radical (unpaired) electrons. The number of carbonyl (C=O) groups is 2. The van der Waals surface area contributed by atoms with E-state index in [4.69, 9.17) is 0 Å². The molecule has 2 unspecified atom stereocenters. The molecule has 1 fully saturated rings. The first-order valence-corrected chi connectivity index (χ1v) is 6.96. The van der Waals surface area contributed by atoms with Crippen LogP contribution in [-0.2, 0) is 9.59 Å². The molecule has 3 heteroatoms. The number of hydrogen-bond donors (Lipinski definition) is 0. The van der Waals surface area contributed by atoms with Gasteiger partial charge in [-0.2, -0.15) is 0 Å². The number of rotatable bonds is 4. The van der Waals surface area contributed by atoms with Crippen molar-refractivity contribution in [3.8, 4) is 0 Å². The summed E-state index contributed by atoms with van der Waals surface area (Å²) in [5, 5.41) is 0. The van der Waals surface area contributed by atoms with Crippen LogP contribution in [-0.4, -0.2) is 29.7 Å². The molecular weight excluding hydrogens is 238 g/mol. The minimum Gasteiger partial charge on any atom is -0.332 e. The van der Waals surface area contributed by atoms with E-state index in [0.717, 1.165) is 24.7 Å². The Labute approximate surface area is 114 Å². The largest absolute Gasteiger partial charge is 0.332 e. The Bertz CT molecular complexity index is 441. The fraction of sp³-hybridized carbons (Fsp3) is 0.500. The zero-order valence-electron chi connectivity index (χ0n) is 11.6. The Morgan fingerprint density at radius 1 is 1.32 bits per heavy atom. The first-order valence-electron chi connectivity index (χ1n) is 6.96. The van der Waals surface area contributed by atoms with Crippen LogP contribution >= 0.6 is 0 Å². The number of hydrogen-bond acceptors (Lipinski definition) is 2. The van der Waals surface area contributed by atoms with Gasteiger partial charge in [0.1, 0.15) is 6.29 Å². The predicted molar refractivity (Wildman–Crippen MR) is 74.8 cm³/mol. The van der Waals surface area contributed by atoms with Gasteiger partial charge in [-0.3, -0.25) is 4.79 Å². The summed E-state index contributed by atoms with van der Waals surface area (Å²) in [4.78, 5) is 25.5. The Hall–Kier alpha value is -1.64. The van der Waals surface area contributed by atoms with Gasteiger partial charge in [-0.15, -0.1) is 0 Å². The van der Waals surface area contributed by atoms with Crippen molar-refractivity contribution in [1.82, 2.24) is 4.90 Å². The third-order valence-corrected chi connectivity index (χ3v) is 3.83. The van der Waals surface area contributed by atoms with E-state index in [0.29, 0.717) is 6.54 Å². The van der Waals surface area contributed by atoms with Crippen molar-refractivity contribution in [2.75, 3.05) is 6.54 Å². The van der Waals surface area contributed by atoms with Crippen LogP contribution in [0.2, 0.25) is 0 Å². The average molecular weight is 259 g/mol. The summed E-state index contributed by atoms with van der Waals surface area (Å²) in [6.07, 6.45) is 2.64. The summed E-state index contributed by atoms with van der Waals surface area (Å²) < 4.78 is 0. The zero-order valence-corrected chi connectivity index (χ0v) is 11.6. The zero-order chi connectivity index (χ0) is 13.8. The summed E-state index contributed by atoms with van der Waals surface area (Å²) in [7, 11) is 0. The van der Waals surface area contributed by atoms with Crippen LogP contribution in [0.3, 0.4) is 0 Å². The molecule has 2 rings (SSSR count). The number of nitrogens with zero attached hydrogens (tertiary/aromatic N) is 1. The van der Waals surface area contributed by atoms with Gasteiger partial charge in [0.2, 0.25) is 5.91 Å². The van der Waals surface area contributed by atoms with E-state index in [9.17, 15) is 9.59 Å². The molecule has 0 bridgehead atoms. The van der Waals surface area contributed by atoms with E-state index < -0.39 is 0 Å². The lowest BCUT2D eigenvalue weighted by atomic mass is 9.87. The maximum atomic E-state index is 12.7. The molecule has 102 valence electrons. The van der Waals surface area contributed by atoms with Crippen molar-refractivity contribution in [2.24, 2.45) is 5.92 Å². The van der Waals surface area contributed by atoms with Crippen LogP contribution in [0.4, 0.5) is 0 Å². The van der Waals surface area contributed by atoms with Gasteiger partial charge in [0.05, 0.1) is 12.0 Å². The van der Waals surface area contributed by atoms with Crippen molar-refractivity contribution >= 4 is 12.2 Å². The summed E-state index contributed by atoms with van der Waals surface area (Å²) in [6.45, 7) is 4.82. The molecule has 1 aliphatic rings. The monoisotopic (exact) mass is 259 g/mol. The first kappa shape index (κ1) is 13.8. The van der Waals surface area contributed by atoms with E-state index in [-0.39, 0.29) is 23.8 Å². The fourth-order valence-electron chi connectivity index (χ4n) is 2.86. The van der Waals surface area contributed by atoms with Gasteiger partial charge < -0.3 is 9.69 Å². The second kappa shape index (κ2) is 6.00. The lowest BCUT2D eigenvalue weighted by Crippen LogP contribution is -2.40. The summed E-state index contributed by atoms with van der Waals surface area (Å²) in [5.74, 6) is 0.167. The molecule has 2 atom stereocenters. The van der Waals surface area contributed by atoms with Crippen LogP contribution in [0, 0.1) is 5.92 Å². The minimum absolute atomic E-state index is 0.0933. The van der Waals surface area contributed by atoms with E-state index in [1.54, 1.807) is 4.90 Å². The summed E-state index contributed by atoms with van der Waals surface area (Å²) >= 11 is 0. The molecule has 1 amide bonds. The molecule has 1 heterocycles. The number of aldehydes is 1. The van der Waals surface area contributed by atoms with E-state index >= 15 is 0 Å². The van der Waals surface area contributed by atoms with Gasteiger partial charge in [-0.1, -0.05) is 44.2 Å². The highest BCUT2D eigenvalue weighted by molar-refractivity contribution is 5.86. The second-order valence-electron chi connectivity index (χ2n) is 5.51. The predicted octanol–water partition coefficient (Wildman–Crippen LogP) is 2.62. The van der Waals surface area contributed by atoms with Crippen molar-refractivity contribution in [2.45, 2.75) is 38.6 Å². The van der Waals surface area contributed by atoms with E-state index in [1.165, 1.54) is 0 Å². The SMILES string of the molecule is CC(C)C(C(=O)N1CCCC1C=O)c1ccccc1. The summed E-state index contributed by atoms with van der Waals surface area (Å²) in [6, 6.07) is 9.63. The van der Waals surface area contributed by atoms with E-state index in [2.05, 4.69) is 13.8 Å². The van der Waals surface area contributed by atoms with Gasteiger partial charge >= 0.3 is 0 Å². The molecule has 1 aromatic rings. The molecule has 0 aliphatic carbocycles. The smallest absolute Gasteiger partial charge is 0.230 e. The first-order chi connectivity index (χ1) is 9.15. The quantitative estimate of drug-likeness (QED) is 0.779. The standard InChI is InChI=1S/C16H21NO2/c1-12(2)15(13-7-4-3-5-8-13)16(19)17-10-6-9-14(17)11-18/h3-5,7-8,11-12,14-15H,6,9-10H2,1-2H3. The normalized spacial score (nSPS) is 20.6. The maximum Gasteiger partial charge on any atom is 0.230 e. The minimum atomic E-state index is -0.225. The number of benzene rings is 1. The topological polar surface area (TPSA) is 37.4 Å². The number of likely N-dealkylation sites (tertiary alicyclic amines) is 1. The summed E-state index contributed by atoms with van der Waals surface area (Å²) in [5.41, 5.74) is 1.04. The maximum absolute atomic E-state index is 12.7. The Morgan fingerprint density at radius 2 is 2.00 bits per heavy atom. The van der Waals surface area contributed by atoms with Crippen LogP contribution in [0.1, 0.15) is 38.2 Å². The molecule has 1 aliphatic heterocycles. The van der Waals surface area contributed by atoms with Crippen molar-refractivity contribution in [3.05, 3.63) is 35.9 Å². The van der Waals surface area contributed by atoms with Crippen LogP contribution in [0.15, 0.2) is 30.3 Å². The van der Waals surface area contributed by atoms with Gasteiger partial charge in [0, 0.05) is 6.54 Å². The lowest BCUT2D eigenvalue weighted by molar-refractivity contribution is -0.136. The van der Waals surface area contributed by atoms with Gasteiger partial charge in [0.15, 0.2) is 0 Å². The van der Waals surface area contributed by atoms with Crippen LogP contribution in [0.25, 0.3) is 0 Å². The fourth-order valence-corrected chi connectivity index (χ4v) is 2.86. The highest BCUT2D eigenvalue weighted by atomic mass is 16.2. The van der Waals surface area contributed by atoms with Crippen molar-refractivity contribution in [1.29, 1.82) is 0 Å². The van der Waals surface area contributed by atoms with Gasteiger partial charge in [0.25, 0.3) is 0 Å². The second-order valence-corrected chi connectivity index (χ2v) is 5.51. The van der Waals surface area contributed by atoms with Crippen LogP contribution < -0.4 is 0 Å².